The third-order valence-electron chi connectivity index (χ3n) is 5.06. The Balaban J connectivity index is 0.00000132. The Morgan fingerprint density at radius 1 is 1.23 bits per heavy atom. The lowest BCUT2D eigenvalue weighted by Gasteiger charge is -2.02. The highest BCUT2D eigenvalue weighted by Gasteiger charge is 2.44. The van der Waals surface area contributed by atoms with E-state index in [0.717, 1.165) is 35.5 Å². The first-order valence-corrected chi connectivity index (χ1v) is 10.9. The van der Waals surface area contributed by atoms with Gasteiger partial charge in [-0.2, -0.15) is 0 Å². The number of carbonyl (C=O) groups excluding carboxylic acids is 1. The molecule has 1 aliphatic carbocycles. The van der Waals surface area contributed by atoms with Gasteiger partial charge in [0.1, 0.15) is 11.5 Å². The summed E-state index contributed by atoms with van der Waals surface area (Å²) in [5, 5.41) is 4.09. The van der Waals surface area contributed by atoms with E-state index in [9.17, 15) is 4.79 Å². The molecule has 162 valence electrons. The van der Waals surface area contributed by atoms with Crippen LogP contribution in [0.3, 0.4) is 0 Å². The highest BCUT2D eigenvalue weighted by Crippen LogP contribution is 2.48. The summed E-state index contributed by atoms with van der Waals surface area (Å²) < 4.78 is 12.5. The molecule has 2 atom stereocenters. The van der Waals surface area contributed by atoms with Gasteiger partial charge in [0.2, 0.25) is 5.76 Å². The van der Waals surface area contributed by atoms with Crippen LogP contribution in [0.25, 0.3) is 0 Å². The van der Waals surface area contributed by atoms with E-state index < -0.39 is 0 Å². The van der Waals surface area contributed by atoms with Crippen molar-refractivity contribution < 1.29 is 14.1 Å². The van der Waals surface area contributed by atoms with Gasteiger partial charge in [0.25, 0.3) is 0 Å². The fourth-order valence-electron chi connectivity index (χ4n) is 3.44. The second kappa shape index (κ2) is 10.6. The van der Waals surface area contributed by atoms with Crippen LogP contribution in [0, 0.1) is 17.8 Å². The Labute approximate surface area is 183 Å². The first-order chi connectivity index (χ1) is 15.2. The number of aromatic nitrogens is 3. The van der Waals surface area contributed by atoms with E-state index in [-0.39, 0.29) is 17.8 Å². The molecule has 2 aromatic heterocycles. The Morgan fingerprint density at radius 2 is 2.00 bits per heavy atom. The number of hydrogen-bond acceptors (Lipinski definition) is 5. The molecule has 1 saturated carbocycles. The van der Waals surface area contributed by atoms with Gasteiger partial charge >= 0.3 is 5.97 Å². The first kappa shape index (κ1) is 22.4. The van der Waals surface area contributed by atoms with Crippen LogP contribution in [0.5, 0.6) is 0 Å². The minimum atomic E-state index is -0.0933. The third-order valence-corrected chi connectivity index (χ3v) is 5.06. The molecule has 1 aromatic carbocycles. The number of carbonyl (C=O) groups is 1. The zero-order chi connectivity index (χ0) is 22.2. The van der Waals surface area contributed by atoms with E-state index in [1.807, 2.05) is 57.3 Å². The molecule has 2 heterocycles. The van der Waals surface area contributed by atoms with Crippen LogP contribution in [0.1, 0.15) is 68.4 Å². The molecule has 0 bridgehead atoms. The molecule has 0 N–H and O–H groups in total. The van der Waals surface area contributed by atoms with Gasteiger partial charge in [-0.1, -0.05) is 44.0 Å². The molecule has 1 fully saturated rings. The molecule has 0 saturated heterocycles. The average molecular weight is 420 g/mol. The molecule has 4 rings (SSSR count). The quantitative estimate of drug-likeness (QED) is 0.432. The molecular formula is C25H29N3O3. The highest BCUT2D eigenvalue weighted by atomic mass is 16.5. The summed E-state index contributed by atoms with van der Waals surface area (Å²) in [4.78, 5) is 16.1. The van der Waals surface area contributed by atoms with Crippen molar-refractivity contribution in [2.75, 3.05) is 6.61 Å². The molecule has 0 spiro atoms. The van der Waals surface area contributed by atoms with Crippen LogP contribution in [-0.2, 0) is 22.5 Å². The molecular weight excluding hydrogens is 390 g/mol. The van der Waals surface area contributed by atoms with Gasteiger partial charge in [0.15, 0.2) is 0 Å². The molecule has 0 radical (unpaired) electrons. The lowest BCUT2D eigenvalue weighted by Crippen LogP contribution is -2.07. The van der Waals surface area contributed by atoms with Crippen molar-refractivity contribution in [3.63, 3.8) is 0 Å². The summed E-state index contributed by atoms with van der Waals surface area (Å²) >= 11 is 0. The number of hydrogen-bond donors (Lipinski definition) is 0. The van der Waals surface area contributed by atoms with E-state index >= 15 is 0 Å². The van der Waals surface area contributed by atoms with Gasteiger partial charge in [-0.25, -0.2) is 4.98 Å². The maximum absolute atomic E-state index is 11.8. The number of benzene rings is 1. The smallest absolute Gasteiger partial charge is 0.309 e. The predicted molar refractivity (Wildman–Crippen MR) is 118 cm³/mol. The van der Waals surface area contributed by atoms with Crippen molar-refractivity contribution in [3.8, 4) is 11.8 Å². The second-order valence-corrected chi connectivity index (χ2v) is 7.08. The Hall–Kier alpha value is -3.33. The summed E-state index contributed by atoms with van der Waals surface area (Å²) in [7, 11) is 0. The zero-order valence-corrected chi connectivity index (χ0v) is 18.6. The number of imidazole rings is 1. The summed E-state index contributed by atoms with van der Waals surface area (Å²) in [5.41, 5.74) is 2.86. The van der Waals surface area contributed by atoms with Crippen molar-refractivity contribution in [2.24, 2.45) is 5.92 Å². The summed E-state index contributed by atoms with van der Waals surface area (Å²) in [6.07, 6.45) is 5.46. The fraction of sp³-hybridized carbons (Fsp3) is 0.400. The molecule has 0 amide bonds. The van der Waals surface area contributed by atoms with E-state index in [4.69, 9.17) is 9.26 Å². The molecule has 2 unspecified atom stereocenters. The second-order valence-electron chi connectivity index (χ2n) is 7.08. The topological polar surface area (TPSA) is 70.2 Å². The Bertz CT molecular complexity index is 1050. The van der Waals surface area contributed by atoms with E-state index in [1.165, 1.54) is 0 Å². The summed E-state index contributed by atoms with van der Waals surface area (Å²) in [6, 6.07) is 9.86. The minimum absolute atomic E-state index is 0.00298. The predicted octanol–water partition coefficient (Wildman–Crippen LogP) is 4.57. The van der Waals surface area contributed by atoms with E-state index in [1.54, 1.807) is 6.20 Å². The van der Waals surface area contributed by atoms with Crippen LogP contribution < -0.4 is 0 Å². The zero-order valence-electron chi connectivity index (χ0n) is 18.6. The standard InChI is InChI=1S/C23H23N3O3.C2H6/c1-3-22-24-11-12-26(22)15-18-13-19(29-25-18)10-7-16-5-8-17(9-6-16)20-14-21(20)23(27)28-4-2;1-2/h5-6,8-9,11-13,20-21H,3-4,14-15H2,1-2H3;1-2H3. The van der Waals surface area contributed by atoms with Crippen molar-refractivity contribution in [2.45, 2.75) is 53.0 Å². The molecule has 0 aliphatic heterocycles. The number of rotatable bonds is 6. The molecule has 6 nitrogen and oxygen atoms in total. The first-order valence-electron chi connectivity index (χ1n) is 10.9. The molecule has 3 aromatic rings. The van der Waals surface area contributed by atoms with Crippen LogP contribution in [0.4, 0.5) is 0 Å². The Kier molecular flexibility index (Phi) is 7.66. The van der Waals surface area contributed by atoms with Gasteiger partial charge in [-0.05, 0) is 42.9 Å². The fourth-order valence-corrected chi connectivity index (χ4v) is 3.44. The molecule has 1 aliphatic rings. The van der Waals surface area contributed by atoms with Crippen molar-refractivity contribution in [3.05, 3.63) is 71.1 Å². The summed E-state index contributed by atoms with van der Waals surface area (Å²) in [6.45, 7) is 8.96. The van der Waals surface area contributed by atoms with E-state index in [2.05, 4.69) is 33.5 Å². The van der Waals surface area contributed by atoms with Crippen LogP contribution >= 0.6 is 0 Å². The van der Waals surface area contributed by atoms with Crippen LogP contribution in [0.2, 0.25) is 0 Å². The van der Waals surface area contributed by atoms with Gasteiger partial charge in [0, 0.05) is 30.4 Å². The largest absolute Gasteiger partial charge is 0.466 e. The normalized spacial score (nSPS) is 16.5. The maximum atomic E-state index is 11.8. The van der Waals surface area contributed by atoms with E-state index in [0.29, 0.717) is 18.9 Å². The Morgan fingerprint density at radius 3 is 2.71 bits per heavy atom. The number of aryl methyl sites for hydroxylation is 1. The third kappa shape index (κ3) is 5.64. The molecule has 31 heavy (non-hydrogen) atoms. The number of ether oxygens (including phenoxy) is 1. The van der Waals surface area contributed by atoms with Crippen LogP contribution in [0.15, 0.2) is 47.2 Å². The number of nitrogens with zero attached hydrogens (tertiary/aromatic N) is 3. The van der Waals surface area contributed by atoms with Crippen molar-refractivity contribution >= 4 is 5.97 Å². The van der Waals surface area contributed by atoms with Gasteiger partial charge in [0.05, 0.1) is 19.1 Å². The monoisotopic (exact) mass is 419 g/mol. The highest BCUT2D eigenvalue weighted by molar-refractivity contribution is 5.77. The average Bonchev–Trinajstić information content (AvgIpc) is 3.27. The van der Waals surface area contributed by atoms with Gasteiger partial charge in [-0.3, -0.25) is 4.79 Å². The van der Waals surface area contributed by atoms with Crippen molar-refractivity contribution in [1.82, 2.24) is 14.7 Å². The lowest BCUT2D eigenvalue weighted by molar-refractivity contribution is -0.144. The van der Waals surface area contributed by atoms with Crippen LogP contribution in [-0.4, -0.2) is 27.3 Å². The van der Waals surface area contributed by atoms with Gasteiger partial charge in [-0.15, -0.1) is 0 Å². The van der Waals surface area contributed by atoms with Gasteiger partial charge < -0.3 is 13.8 Å². The lowest BCUT2D eigenvalue weighted by atomic mass is 10.1. The van der Waals surface area contributed by atoms with Crippen molar-refractivity contribution in [1.29, 1.82) is 0 Å². The number of esters is 1. The maximum Gasteiger partial charge on any atom is 0.309 e. The SMILES string of the molecule is CC.CCOC(=O)C1CC1c1ccc(C#Cc2cc(Cn3ccnc3CC)no2)cc1. The minimum Gasteiger partial charge on any atom is -0.466 e. The summed E-state index contributed by atoms with van der Waals surface area (Å²) in [5.74, 6) is 7.85. The molecule has 6 heteroatoms.